The molecule has 1 N–H and O–H groups in total. The van der Waals surface area contributed by atoms with Crippen molar-refractivity contribution in [1.82, 2.24) is 0 Å². The zero-order valence-electron chi connectivity index (χ0n) is 8.16. The molecular formula is C12H11IO2. The Balaban J connectivity index is 2.52. The van der Waals surface area contributed by atoms with Crippen LogP contribution in [0.3, 0.4) is 0 Å². The minimum absolute atomic E-state index is 0.850. The molecule has 1 aliphatic rings. The molecule has 3 heteroatoms. The number of aliphatic carboxylic acids is 1. The third-order valence-corrected chi connectivity index (χ3v) is 3.65. The molecule has 0 aliphatic heterocycles. The van der Waals surface area contributed by atoms with E-state index in [2.05, 4.69) is 28.7 Å². The molecule has 0 unspecified atom stereocenters. The van der Waals surface area contributed by atoms with E-state index in [1.54, 1.807) is 0 Å². The van der Waals surface area contributed by atoms with E-state index in [1.165, 1.54) is 15.2 Å². The molecule has 2 rings (SSSR count). The van der Waals surface area contributed by atoms with Crippen molar-refractivity contribution in [3.8, 4) is 0 Å². The second-order valence-corrected chi connectivity index (χ2v) is 4.79. The van der Waals surface area contributed by atoms with Crippen molar-refractivity contribution < 1.29 is 9.90 Å². The van der Waals surface area contributed by atoms with Gasteiger partial charge >= 0.3 is 5.97 Å². The predicted molar refractivity (Wildman–Crippen MR) is 67.7 cm³/mol. The summed E-state index contributed by atoms with van der Waals surface area (Å²) < 4.78 is 1.24. The zero-order chi connectivity index (χ0) is 10.8. The van der Waals surface area contributed by atoms with E-state index in [1.807, 2.05) is 12.1 Å². The highest BCUT2D eigenvalue weighted by molar-refractivity contribution is 14.1. The van der Waals surface area contributed by atoms with Gasteiger partial charge in [0.25, 0.3) is 0 Å². The van der Waals surface area contributed by atoms with Gasteiger partial charge in [-0.25, -0.2) is 4.79 Å². The van der Waals surface area contributed by atoms with Crippen molar-refractivity contribution in [3.05, 3.63) is 39.0 Å². The van der Waals surface area contributed by atoms with Crippen LogP contribution < -0.4 is 0 Å². The van der Waals surface area contributed by atoms with Crippen LogP contribution in [0.25, 0.3) is 5.57 Å². The number of carboxylic acid groups (broad SMARTS) is 1. The third-order valence-electron chi connectivity index (χ3n) is 2.64. The van der Waals surface area contributed by atoms with Gasteiger partial charge in [0.05, 0.1) is 0 Å². The monoisotopic (exact) mass is 314 g/mol. The van der Waals surface area contributed by atoms with E-state index in [0.717, 1.165) is 30.4 Å². The van der Waals surface area contributed by atoms with Crippen LogP contribution in [0, 0.1) is 3.57 Å². The van der Waals surface area contributed by atoms with Crippen LogP contribution in [0.4, 0.5) is 0 Å². The first-order valence-corrected chi connectivity index (χ1v) is 5.97. The van der Waals surface area contributed by atoms with Gasteiger partial charge in [0.2, 0.25) is 0 Å². The van der Waals surface area contributed by atoms with Gasteiger partial charge in [-0.3, -0.25) is 0 Å². The Bertz CT molecular complexity index is 435. The molecule has 0 aromatic heterocycles. The minimum atomic E-state index is -0.850. The molecule has 0 saturated carbocycles. The fraction of sp³-hybridized carbons (Fsp3) is 0.250. The quantitative estimate of drug-likeness (QED) is 0.639. The number of rotatable bonds is 1. The van der Waals surface area contributed by atoms with Crippen LogP contribution in [-0.4, -0.2) is 11.1 Å². The lowest BCUT2D eigenvalue weighted by atomic mass is 9.87. The van der Waals surface area contributed by atoms with E-state index in [4.69, 9.17) is 5.11 Å². The van der Waals surface area contributed by atoms with Crippen molar-refractivity contribution in [2.24, 2.45) is 0 Å². The highest BCUT2D eigenvalue weighted by atomic mass is 127. The number of halogens is 1. The lowest BCUT2D eigenvalue weighted by Gasteiger charge is -2.19. The normalized spacial score (nSPS) is 17.5. The first-order chi connectivity index (χ1) is 7.18. The Labute approximate surface area is 102 Å². The Morgan fingerprint density at radius 1 is 1.40 bits per heavy atom. The molecule has 0 heterocycles. The van der Waals surface area contributed by atoms with Gasteiger partial charge in [-0.05, 0) is 64.6 Å². The van der Waals surface area contributed by atoms with Crippen LogP contribution in [0.1, 0.15) is 24.0 Å². The number of benzene rings is 1. The number of allylic oxidation sites excluding steroid dienone is 1. The smallest absolute Gasteiger partial charge is 0.328 e. The molecule has 0 fully saturated rings. The molecule has 0 spiro atoms. The third kappa shape index (κ3) is 2.22. The fourth-order valence-corrected chi connectivity index (χ4v) is 2.77. The van der Waals surface area contributed by atoms with Crippen LogP contribution in [0.2, 0.25) is 0 Å². The summed E-state index contributed by atoms with van der Waals surface area (Å²) in [6.45, 7) is 0. The Kier molecular flexibility index (Phi) is 3.09. The summed E-state index contributed by atoms with van der Waals surface area (Å²) >= 11 is 2.31. The van der Waals surface area contributed by atoms with Gasteiger partial charge in [0, 0.05) is 9.65 Å². The molecule has 15 heavy (non-hydrogen) atoms. The molecule has 1 aromatic rings. The standard InChI is InChI=1S/C12H11IO2/c13-11-6-2-4-9-8(7-12(14)15)3-1-5-10(9)11/h2,4,6-7H,1,3,5H2,(H,14,15)/b8-7-. The lowest BCUT2D eigenvalue weighted by Crippen LogP contribution is -2.05. The molecular weight excluding hydrogens is 303 g/mol. The van der Waals surface area contributed by atoms with E-state index >= 15 is 0 Å². The number of fused-ring (bicyclic) bond motifs is 1. The van der Waals surface area contributed by atoms with Crippen LogP contribution in [0.15, 0.2) is 24.3 Å². The maximum absolute atomic E-state index is 10.7. The lowest BCUT2D eigenvalue weighted by molar-refractivity contribution is -0.131. The van der Waals surface area contributed by atoms with Gasteiger partial charge in [0.1, 0.15) is 0 Å². The summed E-state index contributed by atoms with van der Waals surface area (Å²) in [6, 6.07) is 6.08. The fourth-order valence-electron chi connectivity index (χ4n) is 2.00. The Hall–Kier alpha value is -0.840. The average Bonchev–Trinajstić information content (AvgIpc) is 2.19. The van der Waals surface area contributed by atoms with Gasteiger partial charge in [-0.1, -0.05) is 12.1 Å². The van der Waals surface area contributed by atoms with E-state index in [-0.39, 0.29) is 0 Å². The van der Waals surface area contributed by atoms with E-state index in [0.29, 0.717) is 0 Å². The molecule has 78 valence electrons. The number of carboxylic acids is 1. The number of hydrogen-bond donors (Lipinski definition) is 1. The highest BCUT2D eigenvalue weighted by Crippen LogP contribution is 2.33. The SMILES string of the molecule is O=C(O)/C=C1/CCCc2c(I)cccc21. The summed E-state index contributed by atoms with van der Waals surface area (Å²) in [4.78, 5) is 10.7. The minimum Gasteiger partial charge on any atom is -0.478 e. The maximum Gasteiger partial charge on any atom is 0.328 e. The van der Waals surface area contributed by atoms with Crippen molar-refractivity contribution in [2.45, 2.75) is 19.3 Å². The topological polar surface area (TPSA) is 37.3 Å². The highest BCUT2D eigenvalue weighted by Gasteiger charge is 2.16. The second kappa shape index (κ2) is 4.35. The second-order valence-electron chi connectivity index (χ2n) is 3.63. The van der Waals surface area contributed by atoms with E-state index in [9.17, 15) is 4.79 Å². The van der Waals surface area contributed by atoms with Crippen LogP contribution >= 0.6 is 22.6 Å². The summed E-state index contributed by atoms with van der Waals surface area (Å²) in [5.41, 5.74) is 3.38. The van der Waals surface area contributed by atoms with Gasteiger partial charge in [0.15, 0.2) is 0 Å². The van der Waals surface area contributed by atoms with Crippen LogP contribution in [0.5, 0.6) is 0 Å². The molecule has 0 radical (unpaired) electrons. The molecule has 2 nitrogen and oxygen atoms in total. The summed E-state index contributed by atoms with van der Waals surface area (Å²) in [5, 5.41) is 8.78. The molecule has 0 saturated heterocycles. The van der Waals surface area contributed by atoms with Crippen LogP contribution in [-0.2, 0) is 11.2 Å². The van der Waals surface area contributed by atoms with Crippen molar-refractivity contribution >= 4 is 34.1 Å². The largest absolute Gasteiger partial charge is 0.478 e. The Morgan fingerprint density at radius 3 is 2.93 bits per heavy atom. The van der Waals surface area contributed by atoms with Crippen molar-refractivity contribution in [3.63, 3.8) is 0 Å². The molecule has 0 bridgehead atoms. The number of carbonyl (C=O) groups is 1. The van der Waals surface area contributed by atoms with Gasteiger partial charge in [-0.15, -0.1) is 0 Å². The van der Waals surface area contributed by atoms with Crippen molar-refractivity contribution in [2.75, 3.05) is 0 Å². The summed E-state index contributed by atoms with van der Waals surface area (Å²) in [6.07, 6.45) is 4.32. The first-order valence-electron chi connectivity index (χ1n) is 4.90. The maximum atomic E-state index is 10.7. The van der Waals surface area contributed by atoms with E-state index < -0.39 is 5.97 Å². The van der Waals surface area contributed by atoms with Crippen molar-refractivity contribution in [1.29, 1.82) is 0 Å². The summed E-state index contributed by atoms with van der Waals surface area (Å²) in [7, 11) is 0. The molecule has 0 atom stereocenters. The average molecular weight is 314 g/mol. The van der Waals surface area contributed by atoms with Gasteiger partial charge < -0.3 is 5.11 Å². The zero-order valence-corrected chi connectivity index (χ0v) is 10.3. The van der Waals surface area contributed by atoms with Gasteiger partial charge in [-0.2, -0.15) is 0 Å². The molecule has 0 amide bonds. The first kappa shape index (κ1) is 10.7. The Morgan fingerprint density at radius 2 is 2.20 bits per heavy atom. The molecule has 1 aromatic carbocycles. The predicted octanol–water partition coefficient (Wildman–Crippen LogP) is 3.10. The molecule has 1 aliphatic carbocycles. The summed E-state index contributed by atoms with van der Waals surface area (Å²) in [5.74, 6) is -0.850. The number of hydrogen-bond acceptors (Lipinski definition) is 1.